The predicted octanol–water partition coefficient (Wildman–Crippen LogP) is 2.42. The molecule has 2 heterocycles. The van der Waals surface area contributed by atoms with Crippen LogP contribution in [0.25, 0.3) is 0 Å². The molecule has 0 N–H and O–H groups in total. The second kappa shape index (κ2) is 4.31. The third-order valence-electron chi connectivity index (χ3n) is 2.90. The normalized spacial score (nSPS) is 26.7. The molecular weight excluding hydrogens is 210 g/mol. The smallest absolute Gasteiger partial charge is 0.196 e. The molecule has 0 radical (unpaired) electrons. The highest BCUT2D eigenvalue weighted by Gasteiger charge is 2.27. The third kappa shape index (κ3) is 2.04. The number of aldehydes is 1. The quantitative estimate of drug-likeness (QED) is 0.724. The van der Waals surface area contributed by atoms with Gasteiger partial charge in [-0.1, -0.05) is 6.92 Å². The average molecular weight is 225 g/mol. The molecule has 1 aromatic rings. The van der Waals surface area contributed by atoms with Gasteiger partial charge in [0.15, 0.2) is 17.9 Å². The molecule has 3 nitrogen and oxygen atoms in total. The topological polar surface area (TPSA) is 33.5 Å². The van der Waals surface area contributed by atoms with Gasteiger partial charge in [0.25, 0.3) is 0 Å². The molecule has 0 amide bonds. The van der Waals surface area contributed by atoms with Crippen molar-refractivity contribution in [2.24, 2.45) is 0 Å². The lowest BCUT2D eigenvalue weighted by atomic mass is 10.2. The summed E-state index contributed by atoms with van der Waals surface area (Å²) in [6.07, 6.45) is 0.746. The van der Waals surface area contributed by atoms with E-state index in [2.05, 4.69) is 18.7 Å². The number of thioether (sulfide) groups is 1. The van der Waals surface area contributed by atoms with Crippen molar-refractivity contribution in [2.75, 3.05) is 17.2 Å². The van der Waals surface area contributed by atoms with Gasteiger partial charge >= 0.3 is 0 Å². The van der Waals surface area contributed by atoms with Crippen LogP contribution in [0.5, 0.6) is 0 Å². The molecule has 1 aliphatic rings. The summed E-state index contributed by atoms with van der Waals surface area (Å²) >= 11 is 1.98. The van der Waals surface area contributed by atoms with Crippen LogP contribution in [-0.2, 0) is 0 Å². The molecule has 1 fully saturated rings. The number of rotatable bonds is 2. The van der Waals surface area contributed by atoms with Gasteiger partial charge in [0.1, 0.15) is 0 Å². The SMILES string of the molecule is CC1SCCN(c2ccc(C=O)o2)C1C. The molecule has 0 spiro atoms. The van der Waals surface area contributed by atoms with E-state index in [1.807, 2.05) is 17.8 Å². The maximum atomic E-state index is 10.5. The van der Waals surface area contributed by atoms with Crippen LogP contribution >= 0.6 is 11.8 Å². The Morgan fingerprint density at radius 3 is 3.00 bits per heavy atom. The lowest BCUT2D eigenvalue weighted by Gasteiger charge is -2.37. The zero-order valence-electron chi connectivity index (χ0n) is 8.97. The van der Waals surface area contributed by atoms with Crippen LogP contribution in [0.1, 0.15) is 24.4 Å². The highest BCUT2D eigenvalue weighted by atomic mass is 32.2. The minimum Gasteiger partial charge on any atom is -0.438 e. The number of hydrogen-bond acceptors (Lipinski definition) is 4. The second-order valence-electron chi connectivity index (χ2n) is 3.80. The van der Waals surface area contributed by atoms with Crippen molar-refractivity contribution in [3.05, 3.63) is 17.9 Å². The van der Waals surface area contributed by atoms with Gasteiger partial charge in [0, 0.05) is 29.7 Å². The Kier molecular flexibility index (Phi) is 3.05. The van der Waals surface area contributed by atoms with Crippen molar-refractivity contribution in [1.82, 2.24) is 0 Å². The Balaban J connectivity index is 2.18. The molecule has 1 aromatic heterocycles. The summed E-state index contributed by atoms with van der Waals surface area (Å²) in [4.78, 5) is 12.8. The maximum Gasteiger partial charge on any atom is 0.196 e. The standard InChI is InChI=1S/C11H15NO2S/c1-8-9(2)15-6-5-12(8)11-4-3-10(7-13)14-11/h3-4,7-9H,5-6H2,1-2H3. The van der Waals surface area contributed by atoms with Crippen LogP contribution in [0.4, 0.5) is 5.88 Å². The lowest BCUT2D eigenvalue weighted by Crippen LogP contribution is -2.44. The van der Waals surface area contributed by atoms with E-state index in [1.54, 1.807) is 6.07 Å². The summed E-state index contributed by atoms with van der Waals surface area (Å²) in [5.41, 5.74) is 0. The minimum absolute atomic E-state index is 0.406. The van der Waals surface area contributed by atoms with Crippen LogP contribution < -0.4 is 4.90 Å². The molecule has 1 saturated heterocycles. The van der Waals surface area contributed by atoms with Crippen LogP contribution in [0, 0.1) is 0 Å². The molecule has 2 atom stereocenters. The van der Waals surface area contributed by atoms with Gasteiger partial charge in [-0.15, -0.1) is 0 Å². The molecule has 0 saturated carbocycles. The van der Waals surface area contributed by atoms with E-state index >= 15 is 0 Å². The molecule has 2 rings (SSSR count). The monoisotopic (exact) mass is 225 g/mol. The first kappa shape index (κ1) is 10.6. The molecule has 1 aliphatic heterocycles. The van der Waals surface area contributed by atoms with Gasteiger partial charge in [-0.25, -0.2) is 0 Å². The number of hydrogen-bond donors (Lipinski definition) is 0. The van der Waals surface area contributed by atoms with E-state index in [4.69, 9.17) is 4.42 Å². The average Bonchev–Trinajstić information content (AvgIpc) is 2.70. The van der Waals surface area contributed by atoms with Crippen molar-refractivity contribution >= 4 is 23.9 Å². The van der Waals surface area contributed by atoms with Crippen molar-refractivity contribution in [1.29, 1.82) is 0 Å². The first-order chi connectivity index (χ1) is 7.22. The van der Waals surface area contributed by atoms with Gasteiger partial charge in [-0.3, -0.25) is 4.79 Å². The molecule has 0 aliphatic carbocycles. The molecule has 15 heavy (non-hydrogen) atoms. The number of nitrogens with zero attached hydrogens (tertiary/aromatic N) is 1. The van der Waals surface area contributed by atoms with Crippen molar-refractivity contribution in [2.45, 2.75) is 25.1 Å². The predicted molar refractivity (Wildman–Crippen MR) is 62.8 cm³/mol. The van der Waals surface area contributed by atoms with Crippen molar-refractivity contribution in [3.8, 4) is 0 Å². The van der Waals surface area contributed by atoms with Crippen molar-refractivity contribution in [3.63, 3.8) is 0 Å². The van der Waals surface area contributed by atoms with E-state index in [9.17, 15) is 4.79 Å². The molecule has 0 bridgehead atoms. The largest absolute Gasteiger partial charge is 0.438 e. The fourth-order valence-corrected chi connectivity index (χ4v) is 2.90. The second-order valence-corrected chi connectivity index (χ2v) is 5.29. The Hall–Kier alpha value is -0.900. The zero-order valence-corrected chi connectivity index (χ0v) is 9.79. The zero-order chi connectivity index (χ0) is 10.8. The fourth-order valence-electron chi connectivity index (χ4n) is 1.80. The van der Waals surface area contributed by atoms with E-state index < -0.39 is 0 Å². The molecule has 0 aromatic carbocycles. The Bertz CT molecular complexity index is 350. The Morgan fingerprint density at radius 2 is 2.33 bits per heavy atom. The van der Waals surface area contributed by atoms with Crippen LogP contribution in [0.3, 0.4) is 0 Å². The van der Waals surface area contributed by atoms with Gasteiger partial charge in [-0.05, 0) is 13.0 Å². The summed E-state index contributed by atoms with van der Waals surface area (Å²) in [7, 11) is 0. The Labute approximate surface area is 93.8 Å². The molecule has 4 heteroatoms. The van der Waals surface area contributed by atoms with E-state index in [0.29, 0.717) is 17.1 Å². The van der Waals surface area contributed by atoms with E-state index in [-0.39, 0.29) is 0 Å². The number of carbonyl (C=O) groups excluding carboxylic acids is 1. The first-order valence-electron chi connectivity index (χ1n) is 5.15. The summed E-state index contributed by atoms with van der Waals surface area (Å²) in [5, 5.41) is 0.600. The Morgan fingerprint density at radius 1 is 1.53 bits per heavy atom. The van der Waals surface area contributed by atoms with Gasteiger partial charge < -0.3 is 9.32 Å². The summed E-state index contributed by atoms with van der Waals surface area (Å²) in [5.74, 6) is 2.34. The summed E-state index contributed by atoms with van der Waals surface area (Å²) < 4.78 is 5.44. The number of carbonyl (C=O) groups is 1. The maximum absolute atomic E-state index is 10.5. The van der Waals surface area contributed by atoms with Crippen LogP contribution in [0.15, 0.2) is 16.5 Å². The van der Waals surface area contributed by atoms with Crippen LogP contribution in [0.2, 0.25) is 0 Å². The van der Waals surface area contributed by atoms with E-state index in [1.165, 1.54) is 0 Å². The van der Waals surface area contributed by atoms with Gasteiger partial charge in [0.2, 0.25) is 0 Å². The van der Waals surface area contributed by atoms with Crippen LogP contribution in [-0.4, -0.2) is 29.9 Å². The molecular formula is C11H15NO2S. The highest BCUT2D eigenvalue weighted by molar-refractivity contribution is 8.00. The van der Waals surface area contributed by atoms with Crippen molar-refractivity contribution < 1.29 is 9.21 Å². The lowest BCUT2D eigenvalue weighted by molar-refractivity contribution is 0.110. The number of furan rings is 1. The molecule has 2 unspecified atom stereocenters. The first-order valence-corrected chi connectivity index (χ1v) is 6.20. The highest BCUT2D eigenvalue weighted by Crippen LogP contribution is 2.29. The van der Waals surface area contributed by atoms with Gasteiger partial charge in [-0.2, -0.15) is 11.8 Å². The third-order valence-corrected chi connectivity index (χ3v) is 4.23. The summed E-state index contributed by atoms with van der Waals surface area (Å²) in [6, 6.07) is 4.05. The van der Waals surface area contributed by atoms with E-state index in [0.717, 1.165) is 24.5 Å². The summed E-state index contributed by atoms with van der Waals surface area (Å²) in [6.45, 7) is 5.41. The minimum atomic E-state index is 0.406. The van der Waals surface area contributed by atoms with Gasteiger partial charge in [0.05, 0.1) is 0 Å². The molecule has 82 valence electrons. The fraction of sp³-hybridized carbons (Fsp3) is 0.545. The number of anilines is 1.